The number of rotatable bonds is 6. The lowest BCUT2D eigenvalue weighted by molar-refractivity contribution is -0.154. The number of carboxylic acid groups (broad SMARTS) is 2. The van der Waals surface area contributed by atoms with Crippen LogP contribution >= 0.6 is 0 Å². The van der Waals surface area contributed by atoms with Gasteiger partial charge < -0.3 is 19.7 Å². The quantitative estimate of drug-likeness (QED) is 0.736. The molecule has 1 rings (SSSR count). The molecule has 0 aliphatic heterocycles. The summed E-state index contributed by atoms with van der Waals surface area (Å²) in [5.41, 5.74) is 0.529. The molecular formula is C12H14O6. The van der Waals surface area contributed by atoms with Crippen LogP contribution < -0.4 is 9.47 Å². The van der Waals surface area contributed by atoms with E-state index in [4.69, 9.17) is 19.7 Å². The van der Waals surface area contributed by atoms with Crippen LogP contribution in [0.25, 0.3) is 0 Å². The van der Waals surface area contributed by atoms with E-state index in [1.807, 2.05) is 0 Å². The van der Waals surface area contributed by atoms with Crippen molar-refractivity contribution in [3.63, 3.8) is 0 Å². The van der Waals surface area contributed by atoms with Gasteiger partial charge in [0.15, 0.2) is 5.92 Å². The second-order valence-corrected chi connectivity index (χ2v) is 3.65. The van der Waals surface area contributed by atoms with E-state index >= 15 is 0 Å². The summed E-state index contributed by atoms with van der Waals surface area (Å²) in [5, 5.41) is 17.6. The lowest BCUT2D eigenvalue weighted by atomic mass is 9.99. The van der Waals surface area contributed by atoms with Crippen molar-refractivity contribution in [1.29, 1.82) is 0 Å². The van der Waals surface area contributed by atoms with Crippen molar-refractivity contribution in [3.8, 4) is 11.5 Å². The van der Waals surface area contributed by atoms with E-state index in [0.717, 1.165) is 0 Å². The lowest BCUT2D eigenvalue weighted by Gasteiger charge is -2.10. The molecule has 0 saturated carbocycles. The van der Waals surface area contributed by atoms with Crippen LogP contribution in [0.4, 0.5) is 0 Å². The summed E-state index contributed by atoms with van der Waals surface area (Å²) >= 11 is 0. The first-order chi connectivity index (χ1) is 8.47. The molecule has 0 unspecified atom stereocenters. The molecule has 0 atom stereocenters. The lowest BCUT2D eigenvalue weighted by Crippen LogP contribution is -2.25. The molecule has 6 nitrogen and oxygen atoms in total. The van der Waals surface area contributed by atoms with Crippen LogP contribution in [0, 0.1) is 5.92 Å². The molecule has 0 saturated heterocycles. The van der Waals surface area contributed by atoms with E-state index in [-0.39, 0.29) is 6.42 Å². The molecule has 0 fully saturated rings. The van der Waals surface area contributed by atoms with Gasteiger partial charge in [0.1, 0.15) is 11.5 Å². The Balaban J connectivity index is 3.01. The van der Waals surface area contributed by atoms with Crippen molar-refractivity contribution in [3.05, 3.63) is 23.8 Å². The van der Waals surface area contributed by atoms with Crippen molar-refractivity contribution in [2.24, 2.45) is 5.92 Å². The number of benzene rings is 1. The van der Waals surface area contributed by atoms with Gasteiger partial charge in [0.2, 0.25) is 0 Å². The molecule has 1 aromatic carbocycles. The molecule has 0 heterocycles. The summed E-state index contributed by atoms with van der Waals surface area (Å²) in [7, 11) is 2.93. The summed E-state index contributed by atoms with van der Waals surface area (Å²) in [6.45, 7) is 0. The van der Waals surface area contributed by atoms with Gasteiger partial charge in [0, 0.05) is 6.07 Å². The van der Waals surface area contributed by atoms with E-state index in [2.05, 4.69) is 0 Å². The molecule has 0 bridgehead atoms. The van der Waals surface area contributed by atoms with Crippen LogP contribution in [0.1, 0.15) is 5.56 Å². The van der Waals surface area contributed by atoms with Crippen LogP contribution in [-0.4, -0.2) is 36.4 Å². The highest BCUT2D eigenvalue weighted by molar-refractivity contribution is 5.93. The number of ether oxygens (including phenoxy) is 2. The van der Waals surface area contributed by atoms with Crippen molar-refractivity contribution in [2.75, 3.05) is 14.2 Å². The van der Waals surface area contributed by atoms with Gasteiger partial charge in [-0.05, 0) is 24.1 Å². The van der Waals surface area contributed by atoms with Crippen LogP contribution in [-0.2, 0) is 16.0 Å². The summed E-state index contributed by atoms with van der Waals surface area (Å²) in [4.78, 5) is 21.6. The maximum Gasteiger partial charge on any atom is 0.318 e. The number of methoxy groups -OCH3 is 2. The van der Waals surface area contributed by atoms with Crippen LogP contribution in [0.15, 0.2) is 18.2 Å². The van der Waals surface area contributed by atoms with Gasteiger partial charge in [-0.1, -0.05) is 0 Å². The number of carbonyl (C=O) groups is 2. The second kappa shape index (κ2) is 5.90. The minimum atomic E-state index is -1.48. The van der Waals surface area contributed by atoms with Gasteiger partial charge in [-0.15, -0.1) is 0 Å². The molecular weight excluding hydrogens is 240 g/mol. The fourth-order valence-electron chi connectivity index (χ4n) is 1.50. The summed E-state index contributed by atoms with van der Waals surface area (Å²) < 4.78 is 10.1. The first kappa shape index (κ1) is 13.8. The van der Waals surface area contributed by atoms with Crippen molar-refractivity contribution in [2.45, 2.75) is 6.42 Å². The van der Waals surface area contributed by atoms with E-state index < -0.39 is 17.9 Å². The standard InChI is InChI=1S/C12H14O6/c1-17-8-3-7(4-9(6-8)18-2)5-10(11(13)14)12(15)16/h3-4,6,10H,5H2,1-2H3,(H,13,14)(H,15,16). The fourth-order valence-corrected chi connectivity index (χ4v) is 1.50. The average Bonchev–Trinajstić information content (AvgIpc) is 2.34. The Bertz CT molecular complexity index is 418. The van der Waals surface area contributed by atoms with E-state index in [1.165, 1.54) is 14.2 Å². The van der Waals surface area contributed by atoms with Gasteiger partial charge in [0.25, 0.3) is 0 Å². The van der Waals surface area contributed by atoms with Gasteiger partial charge in [-0.25, -0.2) is 0 Å². The molecule has 0 radical (unpaired) electrons. The molecule has 0 amide bonds. The predicted molar refractivity (Wildman–Crippen MR) is 62.0 cm³/mol. The SMILES string of the molecule is COc1cc(CC(C(=O)O)C(=O)O)cc(OC)c1. The first-order valence-corrected chi connectivity index (χ1v) is 5.15. The molecule has 0 aliphatic carbocycles. The highest BCUT2D eigenvalue weighted by atomic mass is 16.5. The molecule has 0 spiro atoms. The Morgan fingerprint density at radius 3 is 1.83 bits per heavy atom. The number of hydrogen-bond donors (Lipinski definition) is 2. The minimum Gasteiger partial charge on any atom is -0.497 e. The predicted octanol–water partition coefficient (Wildman–Crippen LogP) is 1.03. The highest BCUT2D eigenvalue weighted by Crippen LogP contribution is 2.24. The Kier molecular flexibility index (Phi) is 4.53. The normalized spacial score (nSPS) is 10.2. The second-order valence-electron chi connectivity index (χ2n) is 3.65. The summed E-state index contributed by atoms with van der Waals surface area (Å²) in [5.74, 6) is -3.26. The maximum absolute atomic E-state index is 10.8. The largest absolute Gasteiger partial charge is 0.497 e. The Hall–Kier alpha value is -2.24. The third-order valence-electron chi connectivity index (χ3n) is 2.45. The number of hydrogen-bond acceptors (Lipinski definition) is 4. The van der Waals surface area contributed by atoms with Gasteiger partial charge >= 0.3 is 11.9 Å². The Morgan fingerprint density at radius 1 is 1.06 bits per heavy atom. The van der Waals surface area contributed by atoms with Gasteiger partial charge in [-0.3, -0.25) is 9.59 Å². The number of carboxylic acids is 2. The molecule has 2 N–H and O–H groups in total. The molecule has 98 valence electrons. The molecule has 18 heavy (non-hydrogen) atoms. The van der Waals surface area contributed by atoms with Crippen molar-refractivity contribution < 1.29 is 29.3 Å². The van der Waals surface area contributed by atoms with Crippen LogP contribution in [0.3, 0.4) is 0 Å². The topological polar surface area (TPSA) is 93.1 Å². The van der Waals surface area contributed by atoms with Gasteiger partial charge in [0.05, 0.1) is 14.2 Å². The molecule has 1 aromatic rings. The molecule has 0 aliphatic rings. The van der Waals surface area contributed by atoms with E-state index in [9.17, 15) is 9.59 Å². The molecule has 0 aromatic heterocycles. The van der Waals surface area contributed by atoms with Gasteiger partial charge in [-0.2, -0.15) is 0 Å². The summed E-state index contributed by atoms with van der Waals surface area (Å²) in [6.07, 6.45) is -0.127. The number of aliphatic carboxylic acids is 2. The fraction of sp³-hybridized carbons (Fsp3) is 0.333. The van der Waals surface area contributed by atoms with Crippen molar-refractivity contribution >= 4 is 11.9 Å². The highest BCUT2D eigenvalue weighted by Gasteiger charge is 2.26. The zero-order valence-corrected chi connectivity index (χ0v) is 10.0. The summed E-state index contributed by atoms with van der Waals surface area (Å²) in [6, 6.07) is 4.79. The minimum absolute atomic E-state index is 0.127. The average molecular weight is 254 g/mol. The molecule has 6 heteroatoms. The zero-order chi connectivity index (χ0) is 13.7. The van der Waals surface area contributed by atoms with Crippen molar-refractivity contribution in [1.82, 2.24) is 0 Å². The van der Waals surface area contributed by atoms with Crippen LogP contribution in [0.5, 0.6) is 11.5 Å². The smallest absolute Gasteiger partial charge is 0.318 e. The first-order valence-electron chi connectivity index (χ1n) is 5.15. The Labute approximate surface area is 104 Å². The zero-order valence-electron chi connectivity index (χ0n) is 10.0. The maximum atomic E-state index is 10.8. The Morgan fingerprint density at radius 2 is 1.50 bits per heavy atom. The monoisotopic (exact) mass is 254 g/mol. The van der Waals surface area contributed by atoms with E-state index in [0.29, 0.717) is 17.1 Å². The van der Waals surface area contributed by atoms with E-state index in [1.54, 1.807) is 18.2 Å². The third-order valence-corrected chi connectivity index (χ3v) is 2.45. The third kappa shape index (κ3) is 3.38. The van der Waals surface area contributed by atoms with Crippen LogP contribution in [0.2, 0.25) is 0 Å².